The molecule has 0 radical (unpaired) electrons. The number of halogens is 1. The van der Waals surface area contributed by atoms with Crippen molar-refractivity contribution < 1.29 is 8.42 Å². The molecule has 0 unspecified atom stereocenters. The zero-order chi connectivity index (χ0) is 13.2. The highest BCUT2D eigenvalue weighted by atomic mass is 35.5. The largest absolute Gasteiger partial charge is 0.315 e. The monoisotopic (exact) mass is 285 g/mol. The zero-order valence-corrected chi connectivity index (χ0v) is 11.1. The van der Waals surface area contributed by atoms with Crippen molar-refractivity contribution in [1.82, 2.24) is 10.0 Å². The molecule has 0 aromatic heterocycles. The Bertz CT molecular complexity index is 589. The molecule has 0 spiro atoms. The Hall–Kier alpha value is -1.13. The number of nitrogens with one attached hydrogen (secondary N) is 2. The molecule has 0 amide bonds. The highest BCUT2D eigenvalue weighted by Gasteiger charge is 2.23. The number of sulfonamides is 1. The SMILES string of the molecule is N#Cc1ccc(S(=O)(=O)N[C@@H]2CCNC2)cc1Cl. The second kappa shape index (κ2) is 5.24. The first-order chi connectivity index (χ1) is 8.53. The predicted octanol–water partition coefficient (Wildman–Crippen LogP) is 0.852. The van der Waals surface area contributed by atoms with Crippen molar-refractivity contribution in [2.45, 2.75) is 17.4 Å². The van der Waals surface area contributed by atoms with Gasteiger partial charge < -0.3 is 5.32 Å². The van der Waals surface area contributed by atoms with Gasteiger partial charge in [0.25, 0.3) is 0 Å². The summed E-state index contributed by atoms with van der Waals surface area (Å²) >= 11 is 5.83. The van der Waals surface area contributed by atoms with Crippen molar-refractivity contribution in [3.63, 3.8) is 0 Å². The average Bonchev–Trinajstić information content (AvgIpc) is 2.81. The Morgan fingerprint density at radius 2 is 2.28 bits per heavy atom. The number of hydrogen-bond acceptors (Lipinski definition) is 4. The van der Waals surface area contributed by atoms with Crippen LogP contribution in [0, 0.1) is 11.3 Å². The molecule has 0 aliphatic carbocycles. The third-order valence-electron chi connectivity index (χ3n) is 2.75. The Labute approximate surface area is 111 Å². The van der Waals surface area contributed by atoms with E-state index in [1.165, 1.54) is 18.2 Å². The molecule has 0 bridgehead atoms. The number of rotatable bonds is 3. The van der Waals surface area contributed by atoms with Crippen molar-refractivity contribution in [1.29, 1.82) is 5.26 Å². The molecule has 7 heteroatoms. The maximum Gasteiger partial charge on any atom is 0.240 e. The molecule has 1 heterocycles. The lowest BCUT2D eigenvalue weighted by Gasteiger charge is -2.12. The third kappa shape index (κ3) is 2.82. The first kappa shape index (κ1) is 13.3. The smallest absolute Gasteiger partial charge is 0.240 e. The average molecular weight is 286 g/mol. The van der Waals surface area contributed by atoms with Gasteiger partial charge in [0.2, 0.25) is 10.0 Å². The molecule has 18 heavy (non-hydrogen) atoms. The van der Waals surface area contributed by atoms with Gasteiger partial charge in [0.1, 0.15) is 6.07 Å². The maximum atomic E-state index is 12.1. The molecule has 1 aromatic carbocycles. The van der Waals surface area contributed by atoms with Crippen LogP contribution in [-0.4, -0.2) is 27.5 Å². The van der Waals surface area contributed by atoms with Crippen molar-refractivity contribution in [3.05, 3.63) is 28.8 Å². The molecule has 1 fully saturated rings. The van der Waals surface area contributed by atoms with Crippen LogP contribution in [0.4, 0.5) is 0 Å². The maximum absolute atomic E-state index is 12.1. The quantitative estimate of drug-likeness (QED) is 0.863. The van der Waals surface area contributed by atoms with Crippen molar-refractivity contribution in [2.75, 3.05) is 13.1 Å². The van der Waals surface area contributed by atoms with E-state index in [1.807, 2.05) is 6.07 Å². The molecule has 1 saturated heterocycles. The second-order valence-corrected chi connectivity index (χ2v) is 6.19. The van der Waals surface area contributed by atoms with Crippen LogP contribution in [0.5, 0.6) is 0 Å². The zero-order valence-electron chi connectivity index (χ0n) is 9.48. The molecule has 2 N–H and O–H groups in total. The minimum absolute atomic E-state index is 0.0819. The summed E-state index contributed by atoms with van der Waals surface area (Å²) < 4.78 is 26.7. The van der Waals surface area contributed by atoms with Crippen LogP contribution in [0.3, 0.4) is 0 Å². The van der Waals surface area contributed by atoms with Crippen LogP contribution >= 0.6 is 11.6 Å². The van der Waals surface area contributed by atoms with E-state index in [1.54, 1.807) is 0 Å². The number of hydrogen-bond donors (Lipinski definition) is 2. The van der Waals surface area contributed by atoms with E-state index < -0.39 is 10.0 Å². The van der Waals surface area contributed by atoms with Gasteiger partial charge in [-0.1, -0.05) is 11.6 Å². The van der Waals surface area contributed by atoms with Gasteiger partial charge in [-0.25, -0.2) is 13.1 Å². The van der Waals surface area contributed by atoms with E-state index in [0.29, 0.717) is 6.54 Å². The van der Waals surface area contributed by atoms with E-state index in [2.05, 4.69) is 10.0 Å². The lowest BCUT2D eigenvalue weighted by molar-refractivity contribution is 0.560. The lowest BCUT2D eigenvalue weighted by Crippen LogP contribution is -2.36. The topological polar surface area (TPSA) is 82.0 Å². The third-order valence-corrected chi connectivity index (χ3v) is 4.58. The minimum Gasteiger partial charge on any atom is -0.315 e. The first-order valence-electron chi connectivity index (χ1n) is 5.45. The van der Waals surface area contributed by atoms with Gasteiger partial charge in [0.15, 0.2) is 0 Å². The van der Waals surface area contributed by atoms with Gasteiger partial charge in [-0.15, -0.1) is 0 Å². The van der Waals surface area contributed by atoms with Gasteiger partial charge >= 0.3 is 0 Å². The summed E-state index contributed by atoms with van der Waals surface area (Å²) in [5, 5.41) is 12.0. The van der Waals surface area contributed by atoms with E-state index in [-0.39, 0.29) is 21.5 Å². The molecule has 96 valence electrons. The van der Waals surface area contributed by atoms with E-state index >= 15 is 0 Å². The number of nitrogens with zero attached hydrogens (tertiary/aromatic N) is 1. The summed E-state index contributed by atoms with van der Waals surface area (Å²) in [5.41, 5.74) is 0.262. The van der Waals surface area contributed by atoms with Gasteiger partial charge in [-0.2, -0.15) is 5.26 Å². The van der Waals surface area contributed by atoms with E-state index in [4.69, 9.17) is 16.9 Å². The normalized spacial score (nSPS) is 19.7. The summed E-state index contributed by atoms with van der Waals surface area (Å²) in [4.78, 5) is 0.0819. The molecule has 1 aliphatic heterocycles. The summed E-state index contributed by atoms with van der Waals surface area (Å²) in [7, 11) is -3.58. The Morgan fingerprint density at radius 3 is 2.83 bits per heavy atom. The first-order valence-corrected chi connectivity index (χ1v) is 7.32. The molecule has 1 atom stereocenters. The Morgan fingerprint density at radius 1 is 1.50 bits per heavy atom. The minimum atomic E-state index is -3.58. The highest BCUT2D eigenvalue weighted by molar-refractivity contribution is 7.89. The second-order valence-electron chi connectivity index (χ2n) is 4.06. The molecular weight excluding hydrogens is 274 g/mol. The van der Waals surface area contributed by atoms with Crippen LogP contribution in [0.15, 0.2) is 23.1 Å². The molecule has 2 rings (SSSR count). The molecular formula is C11H12ClN3O2S. The van der Waals surface area contributed by atoms with Gasteiger partial charge in [-0.3, -0.25) is 0 Å². The van der Waals surface area contributed by atoms with Gasteiger partial charge in [0, 0.05) is 12.6 Å². The summed E-state index contributed by atoms with van der Waals surface area (Å²) in [6.45, 7) is 1.44. The van der Waals surface area contributed by atoms with Crippen molar-refractivity contribution in [3.8, 4) is 6.07 Å². The van der Waals surface area contributed by atoms with Crippen LogP contribution < -0.4 is 10.0 Å². The molecule has 0 saturated carbocycles. The van der Waals surface area contributed by atoms with E-state index in [9.17, 15) is 8.42 Å². The lowest BCUT2D eigenvalue weighted by atomic mass is 10.2. The fourth-order valence-electron chi connectivity index (χ4n) is 1.80. The molecule has 1 aromatic rings. The van der Waals surface area contributed by atoms with Crippen molar-refractivity contribution >= 4 is 21.6 Å². The van der Waals surface area contributed by atoms with Crippen LogP contribution in [0.1, 0.15) is 12.0 Å². The van der Waals surface area contributed by atoms with Crippen LogP contribution in [0.2, 0.25) is 5.02 Å². The highest BCUT2D eigenvalue weighted by Crippen LogP contribution is 2.20. The fraction of sp³-hybridized carbons (Fsp3) is 0.364. The Balaban J connectivity index is 2.24. The van der Waals surface area contributed by atoms with Crippen molar-refractivity contribution in [2.24, 2.45) is 0 Å². The Kier molecular flexibility index (Phi) is 3.88. The molecule has 1 aliphatic rings. The van der Waals surface area contributed by atoms with E-state index in [0.717, 1.165) is 13.0 Å². The molecule has 5 nitrogen and oxygen atoms in total. The fourth-order valence-corrected chi connectivity index (χ4v) is 3.38. The summed E-state index contributed by atoms with van der Waals surface area (Å²) in [6, 6.07) is 5.88. The standard InChI is InChI=1S/C11H12ClN3O2S/c12-11-5-10(2-1-8(11)6-13)18(16,17)15-9-3-4-14-7-9/h1-2,5,9,14-15H,3-4,7H2/t9-/m1/s1. The number of nitriles is 1. The number of benzene rings is 1. The van der Waals surface area contributed by atoms with Gasteiger partial charge in [-0.05, 0) is 31.2 Å². The summed E-state index contributed by atoms with van der Waals surface area (Å²) in [5.74, 6) is 0. The van der Waals surface area contributed by atoms with Gasteiger partial charge in [0.05, 0.1) is 15.5 Å². The van der Waals surface area contributed by atoms with Crippen LogP contribution in [0.25, 0.3) is 0 Å². The van der Waals surface area contributed by atoms with Crippen LogP contribution in [-0.2, 0) is 10.0 Å². The predicted molar refractivity (Wildman–Crippen MR) is 67.8 cm³/mol. The summed E-state index contributed by atoms with van der Waals surface area (Å²) in [6.07, 6.45) is 0.767.